The van der Waals surface area contributed by atoms with Crippen molar-refractivity contribution in [2.24, 2.45) is 11.1 Å². The molecule has 3 rings (SSSR count). The molecule has 2 aromatic rings. The fraction of sp³-hybridized carbons (Fsp3) is 0.500. The Labute approximate surface area is 240 Å². The Bertz CT molecular complexity index is 1310. The molecule has 1 saturated heterocycles. The van der Waals surface area contributed by atoms with Gasteiger partial charge in [-0.1, -0.05) is 37.3 Å². The van der Waals surface area contributed by atoms with Crippen molar-refractivity contribution < 1.29 is 28.7 Å². The maximum atomic E-state index is 13.2. The lowest BCUT2D eigenvalue weighted by atomic mass is 9.92. The van der Waals surface area contributed by atoms with Gasteiger partial charge in [-0.25, -0.2) is 5.43 Å². The van der Waals surface area contributed by atoms with Gasteiger partial charge in [-0.3, -0.25) is 29.2 Å². The van der Waals surface area contributed by atoms with E-state index in [1.165, 1.54) is 19.0 Å². The van der Waals surface area contributed by atoms with Gasteiger partial charge in [0.2, 0.25) is 12.0 Å². The number of ether oxygens (including phenoxy) is 2. The molecule has 1 aromatic carbocycles. The van der Waals surface area contributed by atoms with Gasteiger partial charge in [0.05, 0.1) is 10.9 Å². The van der Waals surface area contributed by atoms with Crippen LogP contribution in [0.3, 0.4) is 0 Å². The van der Waals surface area contributed by atoms with Crippen molar-refractivity contribution in [2.45, 2.75) is 78.2 Å². The lowest BCUT2D eigenvalue weighted by Crippen LogP contribution is -2.61. The third kappa shape index (κ3) is 8.11. The Morgan fingerprint density at radius 1 is 1.22 bits per heavy atom. The third-order valence-corrected chi connectivity index (χ3v) is 7.17. The summed E-state index contributed by atoms with van der Waals surface area (Å²) in [7, 11) is 1.40. The lowest BCUT2D eigenvalue weighted by molar-refractivity contribution is -0.170. The minimum Gasteiger partial charge on any atom is -0.449 e. The number of carbonyl (C=O) groups excluding carboxylic acids is 4. The van der Waals surface area contributed by atoms with E-state index in [4.69, 9.17) is 15.2 Å². The van der Waals surface area contributed by atoms with Crippen molar-refractivity contribution in [1.29, 1.82) is 0 Å². The van der Waals surface area contributed by atoms with Crippen molar-refractivity contribution in [3.63, 3.8) is 0 Å². The molecular weight excluding hydrogens is 526 g/mol. The van der Waals surface area contributed by atoms with E-state index in [2.05, 4.69) is 22.7 Å². The first-order valence-electron chi connectivity index (χ1n) is 13.9. The second-order valence-corrected chi connectivity index (χ2v) is 10.9. The first-order valence-corrected chi connectivity index (χ1v) is 13.9. The molecule has 4 atom stereocenters. The van der Waals surface area contributed by atoms with Crippen molar-refractivity contribution >= 4 is 40.7 Å². The quantitative estimate of drug-likeness (QED) is 0.350. The number of nitrogens with zero attached hydrogens (tertiary/aromatic N) is 2. The maximum absolute atomic E-state index is 13.2. The van der Waals surface area contributed by atoms with E-state index >= 15 is 0 Å². The molecule has 41 heavy (non-hydrogen) atoms. The number of benzene rings is 1. The number of aromatic nitrogens is 1. The van der Waals surface area contributed by atoms with E-state index in [9.17, 15) is 19.2 Å². The van der Waals surface area contributed by atoms with E-state index in [1.807, 2.05) is 36.4 Å². The smallest absolute Gasteiger partial charge is 0.316 e. The molecule has 1 fully saturated rings. The van der Waals surface area contributed by atoms with Gasteiger partial charge < -0.3 is 20.5 Å². The molecule has 1 aliphatic heterocycles. The number of hydrogen-bond donors (Lipinski definition) is 3. The summed E-state index contributed by atoms with van der Waals surface area (Å²) in [4.78, 5) is 55.5. The third-order valence-electron chi connectivity index (χ3n) is 7.17. The average Bonchev–Trinajstić information content (AvgIpc) is 2.97. The molecule has 11 nitrogen and oxygen atoms in total. The SMILES string of the molecule is CCc1ccc2ccc(/C=C/C(C)(C)C(=O)OC(C(=O)NC(C)C(=O)N3CCCC(C(N)=O)N3)C(C)OC)cc2n1. The van der Waals surface area contributed by atoms with Crippen LogP contribution in [0.15, 0.2) is 36.4 Å². The molecule has 1 aromatic heterocycles. The van der Waals surface area contributed by atoms with Crippen LogP contribution in [0, 0.1) is 5.41 Å². The minimum atomic E-state index is -1.31. The number of carbonyl (C=O) groups is 4. The summed E-state index contributed by atoms with van der Waals surface area (Å²) in [6.07, 6.45) is 3.39. The lowest BCUT2D eigenvalue weighted by Gasteiger charge is -2.34. The summed E-state index contributed by atoms with van der Waals surface area (Å²) >= 11 is 0. The fourth-order valence-electron chi connectivity index (χ4n) is 4.34. The number of esters is 1. The van der Waals surface area contributed by atoms with Gasteiger partial charge in [0, 0.05) is 24.7 Å². The van der Waals surface area contributed by atoms with Crippen LogP contribution in [0.2, 0.25) is 0 Å². The van der Waals surface area contributed by atoms with Gasteiger partial charge in [0.15, 0.2) is 0 Å². The molecule has 0 bridgehead atoms. The van der Waals surface area contributed by atoms with Crippen molar-refractivity contribution in [3.05, 3.63) is 47.7 Å². The molecule has 4 N–H and O–H groups in total. The monoisotopic (exact) mass is 567 g/mol. The second-order valence-electron chi connectivity index (χ2n) is 10.9. The molecule has 0 radical (unpaired) electrons. The maximum Gasteiger partial charge on any atom is 0.316 e. The predicted molar refractivity (Wildman–Crippen MR) is 155 cm³/mol. The van der Waals surface area contributed by atoms with Crippen LogP contribution >= 0.6 is 0 Å². The van der Waals surface area contributed by atoms with Gasteiger partial charge in [-0.05, 0) is 64.7 Å². The van der Waals surface area contributed by atoms with Crippen LogP contribution in [-0.4, -0.2) is 71.6 Å². The summed E-state index contributed by atoms with van der Waals surface area (Å²) in [5.41, 5.74) is 9.82. The normalized spacial score (nSPS) is 18.1. The summed E-state index contributed by atoms with van der Waals surface area (Å²) in [6, 6.07) is 8.29. The molecule has 222 valence electrons. The van der Waals surface area contributed by atoms with Crippen LogP contribution < -0.4 is 16.5 Å². The Hall–Kier alpha value is -3.83. The van der Waals surface area contributed by atoms with Crippen LogP contribution in [0.1, 0.15) is 58.7 Å². The number of nitrogens with one attached hydrogen (secondary N) is 2. The number of aryl methyl sites for hydroxylation is 1. The van der Waals surface area contributed by atoms with Crippen molar-refractivity contribution in [1.82, 2.24) is 20.7 Å². The first-order chi connectivity index (χ1) is 19.4. The molecule has 1 aliphatic rings. The Morgan fingerprint density at radius 3 is 2.59 bits per heavy atom. The van der Waals surface area contributed by atoms with Gasteiger partial charge >= 0.3 is 5.97 Å². The van der Waals surface area contributed by atoms with E-state index in [1.54, 1.807) is 26.8 Å². The fourth-order valence-corrected chi connectivity index (χ4v) is 4.34. The van der Waals surface area contributed by atoms with Crippen molar-refractivity contribution in [3.8, 4) is 0 Å². The number of primary amides is 1. The molecular formula is C30H41N5O6. The van der Waals surface area contributed by atoms with Gasteiger partial charge in [0.1, 0.15) is 18.2 Å². The minimum absolute atomic E-state index is 0.364. The average molecular weight is 568 g/mol. The summed E-state index contributed by atoms with van der Waals surface area (Å²) in [6.45, 7) is 8.91. The molecule has 3 amide bonds. The summed E-state index contributed by atoms with van der Waals surface area (Å²) in [5, 5.41) is 4.92. The standard InChI is InChI=1S/C30H41N5O6/c1-7-22-13-12-21-11-10-20(17-24(21)33-22)14-15-30(4,5)29(39)41-25(19(3)40-6)27(37)32-18(2)28(38)35-16-8-9-23(34-35)26(31)36/h10-15,17-19,23,25,34H,7-9,16H2,1-6H3,(H2,31,36)(H,32,37)/b15-14+. The zero-order valence-electron chi connectivity index (χ0n) is 24.6. The number of pyridine rings is 1. The van der Waals surface area contributed by atoms with E-state index < -0.39 is 53.4 Å². The van der Waals surface area contributed by atoms with Gasteiger partial charge in [0.25, 0.3) is 11.8 Å². The Morgan fingerprint density at radius 2 is 1.93 bits per heavy atom. The van der Waals surface area contributed by atoms with Gasteiger partial charge in [-0.2, -0.15) is 0 Å². The summed E-state index contributed by atoms with van der Waals surface area (Å²) < 4.78 is 11.0. The van der Waals surface area contributed by atoms with Crippen LogP contribution in [0.4, 0.5) is 0 Å². The highest BCUT2D eigenvalue weighted by atomic mass is 16.6. The largest absolute Gasteiger partial charge is 0.449 e. The highest BCUT2D eigenvalue weighted by molar-refractivity contribution is 5.91. The Kier molecular flexibility index (Phi) is 10.6. The number of hydrazine groups is 1. The number of methoxy groups -OCH3 is 1. The molecule has 2 heterocycles. The van der Waals surface area contributed by atoms with E-state index in [0.717, 1.165) is 28.6 Å². The zero-order valence-corrected chi connectivity index (χ0v) is 24.6. The Balaban J connectivity index is 1.68. The van der Waals surface area contributed by atoms with E-state index in [0.29, 0.717) is 19.4 Å². The van der Waals surface area contributed by atoms with Gasteiger partial charge in [-0.15, -0.1) is 0 Å². The molecule has 0 spiro atoms. The van der Waals surface area contributed by atoms with Crippen LogP contribution in [0.25, 0.3) is 17.0 Å². The zero-order chi connectivity index (χ0) is 30.3. The first kappa shape index (κ1) is 31.7. The topological polar surface area (TPSA) is 153 Å². The number of rotatable bonds is 11. The van der Waals surface area contributed by atoms with E-state index in [-0.39, 0.29) is 0 Å². The highest BCUT2D eigenvalue weighted by Crippen LogP contribution is 2.24. The van der Waals surface area contributed by atoms with Crippen molar-refractivity contribution in [2.75, 3.05) is 13.7 Å². The molecule has 11 heteroatoms. The number of hydrogen-bond acceptors (Lipinski definition) is 8. The molecule has 4 unspecified atom stereocenters. The predicted octanol–water partition coefficient (Wildman–Crippen LogP) is 2.27. The van der Waals surface area contributed by atoms with Crippen LogP contribution in [-0.2, 0) is 35.1 Å². The summed E-state index contributed by atoms with van der Waals surface area (Å²) in [5.74, 6) is -2.31. The highest BCUT2D eigenvalue weighted by Gasteiger charge is 2.37. The van der Waals surface area contributed by atoms with Crippen LogP contribution in [0.5, 0.6) is 0 Å². The number of fused-ring (bicyclic) bond motifs is 1. The molecule has 0 aliphatic carbocycles. The molecule has 0 saturated carbocycles. The number of amides is 3. The second kappa shape index (κ2) is 13.7. The number of nitrogens with two attached hydrogens (primary N) is 1.